The van der Waals surface area contributed by atoms with Gasteiger partial charge in [-0.15, -0.1) is 0 Å². The first-order valence-corrected chi connectivity index (χ1v) is 9.00. The van der Waals surface area contributed by atoms with Gasteiger partial charge in [-0.1, -0.05) is 0 Å². The Morgan fingerprint density at radius 3 is 2.22 bits per heavy atom. The van der Waals surface area contributed by atoms with Gasteiger partial charge >= 0.3 is 0 Å². The topological polar surface area (TPSA) is 69.4 Å². The largest absolute Gasteiger partial charge is 0.375 e. The number of rotatable bonds is 3. The Labute approximate surface area is 110 Å². The minimum absolute atomic E-state index is 0.119. The molecule has 0 saturated heterocycles. The van der Waals surface area contributed by atoms with Crippen molar-refractivity contribution in [2.24, 2.45) is 5.73 Å². The van der Waals surface area contributed by atoms with Crippen LogP contribution in [-0.2, 0) is 14.6 Å². The van der Waals surface area contributed by atoms with Gasteiger partial charge in [0.1, 0.15) is 9.84 Å². The third kappa shape index (κ3) is 3.93. The van der Waals surface area contributed by atoms with E-state index in [0.29, 0.717) is 6.42 Å². The molecule has 2 N–H and O–H groups in total. The Morgan fingerprint density at radius 1 is 1.00 bits per heavy atom. The molecule has 0 aromatic carbocycles. The second-order valence-corrected chi connectivity index (χ2v) is 8.25. The Bertz CT molecular complexity index is 368. The second kappa shape index (κ2) is 5.88. The Hall–Kier alpha value is -0.130. The summed E-state index contributed by atoms with van der Waals surface area (Å²) >= 11 is 0. The molecule has 0 heterocycles. The fourth-order valence-corrected chi connectivity index (χ4v) is 4.35. The summed E-state index contributed by atoms with van der Waals surface area (Å²) in [5.41, 5.74) is 5.95. The first kappa shape index (κ1) is 14.3. The first-order valence-electron chi connectivity index (χ1n) is 7.05. The number of sulfone groups is 1. The summed E-state index contributed by atoms with van der Waals surface area (Å²) in [6.07, 6.45) is 9.37. The molecular formula is C13H25NO3S. The summed E-state index contributed by atoms with van der Waals surface area (Å²) in [5, 5.41) is -0.200. The summed E-state index contributed by atoms with van der Waals surface area (Å²) in [4.78, 5) is 0. The highest BCUT2D eigenvalue weighted by atomic mass is 32.2. The minimum atomic E-state index is -2.92. The van der Waals surface area contributed by atoms with Crippen LogP contribution in [0.3, 0.4) is 0 Å². The van der Waals surface area contributed by atoms with Crippen LogP contribution >= 0.6 is 0 Å². The van der Waals surface area contributed by atoms with Gasteiger partial charge in [0.25, 0.3) is 0 Å². The maximum Gasteiger partial charge on any atom is 0.150 e. The fraction of sp³-hybridized carbons (Fsp3) is 1.00. The van der Waals surface area contributed by atoms with Crippen molar-refractivity contribution in [2.75, 3.05) is 6.26 Å². The standard InChI is InChI=1S/C13H25NO3S/c1-18(15,16)13-7-3-6-12(9-13)17-11-5-2-4-10(14)8-11/h10-13H,2-9,14H2,1H3. The van der Waals surface area contributed by atoms with Crippen LogP contribution in [0.15, 0.2) is 0 Å². The first-order chi connectivity index (χ1) is 8.45. The van der Waals surface area contributed by atoms with Crippen LogP contribution in [0.25, 0.3) is 0 Å². The number of hydrogen-bond donors (Lipinski definition) is 1. The molecule has 2 aliphatic rings. The lowest BCUT2D eigenvalue weighted by molar-refractivity contribution is -0.0472. The lowest BCUT2D eigenvalue weighted by atomic mass is 9.92. The van der Waals surface area contributed by atoms with Crippen LogP contribution in [0, 0.1) is 0 Å². The Balaban J connectivity index is 1.86. The number of ether oxygens (including phenoxy) is 1. The molecule has 2 fully saturated rings. The van der Waals surface area contributed by atoms with Gasteiger partial charge in [-0.3, -0.25) is 0 Å². The van der Waals surface area contributed by atoms with Crippen LogP contribution in [0.5, 0.6) is 0 Å². The summed E-state index contributed by atoms with van der Waals surface area (Å²) < 4.78 is 29.3. The molecule has 4 unspecified atom stereocenters. The van der Waals surface area contributed by atoms with Gasteiger partial charge < -0.3 is 10.5 Å². The molecule has 0 radical (unpaired) electrons. The zero-order valence-corrected chi connectivity index (χ0v) is 12.0. The molecule has 4 nitrogen and oxygen atoms in total. The minimum Gasteiger partial charge on any atom is -0.375 e. The predicted octanol–water partition coefficient (Wildman–Crippen LogP) is 1.63. The molecule has 0 aromatic heterocycles. The average molecular weight is 275 g/mol. The molecular weight excluding hydrogens is 250 g/mol. The van der Waals surface area contributed by atoms with E-state index in [1.807, 2.05) is 0 Å². The molecule has 4 atom stereocenters. The maximum atomic E-state index is 11.6. The molecule has 2 aliphatic carbocycles. The average Bonchev–Trinajstić information content (AvgIpc) is 2.28. The van der Waals surface area contributed by atoms with E-state index in [4.69, 9.17) is 10.5 Å². The summed E-state index contributed by atoms with van der Waals surface area (Å²) in [6.45, 7) is 0. The molecule has 0 aliphatic heterocycles. The molecule has 5 heteroatoms. The van der Waals surface area contributed by atoms with Crippen LogP contribution in [0.4, 0.5) is 0 Å². The molecule has 2 saturated carbocycles. The lowest BCUT2D eigenvalue weighted by Gasteiger charge is -2.34. The van der Waals surface area contributed by atoms with Gasteiger partial charge in [-0.25, -0.2) is 8.42 Å². The molecule has 0 spiro atoms. The smallest absolute Gasteiger partial charge is 0.150 e. The Morgan fingerprint density at radius 2 is 1.61 bits per heavy atom. The highest BCUT2D eigenvalue weighted by Gasteiger charge is 2.31. The van der Waals surface area contributed by atoms with Crippen molar-refractivity contribution in [3.8, 4) is 0 Å². The number of nitrogens with two attached hydrogens (primary N) is 1. The van der Waals surface area contributed by atoms with Gasteiger partial charge in [0.15, 0.2) is 0 Å². The summed E-state index contributed by atoms with van der Waals surface area (Å²) in [5.74, 6) is 0. The summed E-state index contributed by atoms with van der Waals surface area (Å²) in [7, 11) is -2.92. The monoisotopic (exact) mass is 275 g/mol. The van der Waals surface area contributed by atoms with E-state index in [-0.39, 0.29) is 23.5 Å². The SMILES string of the molecule is CS(=O)(=O)C1CCCC(OC2CCCC(N)C2)C1. The third-order valence-electron chi connectivity index (χ3n) is 4.24. The second-order valence-electron chi connectivity index (χ2n) is 5.92. The van der Waals surface area contributed by atoms with E-state index in [1.54, 1.807) is 0 Å². The number of hydrogen-bond acceptors (Lipinski definition) is 4. The molecule has 0 aromatic rings. The van der Waals surface area contributed by atoms with E-state index < -0.39 is 9.84 Å². The van der Waals surface area contributed by atoms with E-state index >= 15 is 0 Å². The van der Waals surface area contributed by atoms with Crippen LogP contribution in [-0.4, -0.2) is 38.2 Å². The molecule has 0 bridgehead atoms. The molecule has 18 heavy (non-hydrogen) atoms. The quantitative estimate of drug-likeness (QED) is 0.850. The van der Waals surface area contributed by atoms with E-state index in [0.717, 1.165) is 44.9 Å². The highest BCUT2D eigenvalue weighted by Crippen LogP contribution is 2.29. The van der Waals surface area contributed by atoms with Crippen molar-refractivity contribution in [3.05, 3.63) is 0 Å². The lowest BCUT2D eigenvalue weighted by Crippen LogP contribution is -2.38. The van der Waals surface area contributed by atoms with Crippen LogP contribution in [0.1, 0.15) is 51.4 Å². The van der Waals surface area contributed by atoms with Gasteiger partial charge in [0, 0.05) is 12.3 Å². The van der Waals surface area contributed by atoms with Gasteiger partial charge in [0.2, 0.25) is 0 Å². The molecule has 2 rings (SSSR count). The van der Waals surface area contributed by atoms with E-state index in [2.05, 4.69) is 0 Å². The van der Waals surface area contributed by atoms with E-state index in [9.17, 15) is 8.42 Å². The normalized spacial score (nSPS) is 38.6. The van der Waals surface area contributed by atoms with Crippen molar-refractivity contribution < 1.29 is 13.2 Å². The van der Waals surface area contributed by atoms with Crippen molar-refractivity contribution >= 4 is 9.84 Å². The van der Waals surface area contributed by atoms with E-state index in [1.165, 1.54) is 6.26 Å². The van der Waals surface area contributed by atoms with Gasteiger partial charge in [-0.2, -0.15) is 0 Å². The van der Waals surface area contributed by atoms with Gasteiger partial charge in [-0.05, 0) is 51.4 Å². The summed E-state index contributed by atoms with van der Waals surface area (Å²) in [6, 6.07) is 0.262. The Kier molecular flexibility index (Phi) is 4.67. The fourth-order valence-electron chi connectivity index (χ4n) is 3.19. The van der Waals surface area contributed by atoms with Crippen molar-refractivity contribution in [1.82, 2.24) is 0 Å². The van der Waals surface area contributed by atoms with Crippen molar-refractivity contribution in [3.63, 3.8) is 0 Å². The zero-order valence-electron chi connectivity index (χ0n) is 11.2. The molecule has 106 valence electrons. The van der Waals surface area contributed by atoms with Crippen molar-refractivity contribution in [1.29, 1.82) is 0 Å². The highest BCUT2D eigenvalue weighted by molar-refractivity contribution is 7.91. The maximum absolute atomic E-state index is 11.6. The predicted molar refractivity (Wildman–Crippen MR) is 72.2 cm³/mol. The van der Waals surface area contributed by atoms with Crippen LogP contribution < -0.4 is 5.73 Å². The third-order valence-corrected chi connectivity index (χ3v) is 5.87. The molecule has 0 amide bonds. The van der Waals surface area contributed by atoms with Crippen LogP contribution in [0.2, 0.25) is 0 Å². The van der Waals surface area contributed by atoms with Crippen molar-refractivity contribution in [2.45, 2.75) is 74.9 Å². The van der Waals surface area contributed by atoms with Gasteiger partial charge in [0.05, 0.1) is 17.5 Å². The zero-order chi connectivity index (χ0) is 13.2.